The zero-order valence-electron chi connectivity index (χ0n) is 19.5. The van der Waals surface area contributed by atoms with Gasteiger partial charge in [-0.1, -0.05) is 23.7 Å². The number of H-pyrrole nitrogens is 1. The first-order valence-electron chi connectivity index (χ1n) is 11.7. The summed E-state index contributed by atoms with van der Waals surface area (Å²) in [6.07, 6.45) is 5.56. The van der Waals surface area contributed by atoms with E-state index in [-0.39, 0.29) is 11.6 Å². The number of benzene rings is 1. The highest BCUT2D eigenvalue weighted by Crippen LogP contribution is 2.30. The summed E-state index contributed by atoms with van der Waals surface area (Å²) >= 11 is 6.08. The Morgan fingerprint density at radius 3 is 2.71 bits per heavy atom. The van der Waals surface area contributed by atoms with Gasteiger partial charge in [-0.2, -0.15) is 0 Å². The van der Waals surface area contributed by atoms with Gasteiger partial charge in [-0.05, 0) is 42.3 Å². The number of piperazine rings is 1. The van der Waals surface area contributed by atoms with Crippen LogP contribution >= 0.6 is 11.6 Å². The zero-order valence-corrected chi connectivity index (χ0v) is 20.3. The summed E-state index contributed by atoms with van der Waals surface area (Å²) < 4.78 is 1.67. The number of aromatic nitrogens is 3. The fourth-order valence-corrected chi connectivity index (χ4v) is 4.69. The summed E-state index contributed by atoms with van der Waals surface area (Å²) in [4.78, 5) is 36.9. The number of carbonyl (C=O) groups excluding carboxylic acids is 1. The number of urea groups is 1. The average molecular weight is 491 g/mol. The number of nitrogens with zero attached hydrogens (tertiary/aromatic N) is 4. The molecule has 1 fully saturated rings. The molecule has 0 radical (unpaired) electrons. The largest absolute Gasteiger partial charge is 0.367 e. The number of hydrogen-bond acceptors (Lipinski definition) is 4. The lowest BCUT2D eigenvalue weighted by atomic mass is 10.1. The molecule has 1 aromatic carbocycles. The van der Waals surface area contributed by atoms with Crippen LogP contribution in [-0.4, -0.2) is 58.2 Å². The predicted octanol–water partition coefficient (Wildman–Crippen LogP) is 3.94. The second-order valence-electron chi connectivity index (χ2n) is 8.61. The van der Waals surface area contributed by atoms with Gasteiger partial charge in [0.2, 0.25) is 0 Å². The highest BCUT2D eigenvalue weighted by molar-refractivity contribution is 6.30. The molecule has 0 bridgehead atoms. The SMILES string of the molecule is CCNC(=O)N1CCN(c2cnc3[nH]cc(-c4ccn(Cc5cccc(Cl)c5)c(=O)c4)c3c2)CC1. The van der Waals surface area contributed by atoms with Crippen molar-refractivity contribution in [2.24, 2.45) is 0 Å². The van der Waals surface area contributed by atoms with Gasteiger partial charge in [0.25, 0.3) is 5.56 Å². The van der Waals surface area contributed by atoms with Crippen LogP contribution < -0.4 is 15.8 Å². The number of rotatable bonds is 5. The van der Waals surface area contributed by atoms with Gasteiger partial charge in [0, 0.05) is 67.2 Å². The zero-order chi connectivity index (χ0) is 24.4. The maximum Gasteiger partial charge on any atom is 0.317 e. The van der Waals surface area contributed by atoms with Crippen LogP contribution in [-0.2, 0) is 6.54 Å². The van der Waals surface area contributed by atoms with Gasteiger partial charge in [0.1, 0.15) is 5.65 Å². The summed E-state index contributed by atoms with van der Waals surface area (Å²) in [5.41, 5.74) is 4.44. The Morgan fingerprint density at radius 1 is 1.14 bits per heavy atom. The number of carbonyl (C=O) groups is 1. The summed E-state index contributed by atoms with van der Waals surface area (Å²) in [7, 11) is 0. The van der Waals surface area contributed by atoms with Crippen molar-refractivity contribution >= 4 is 34.4 Å². The molecule has 2 amide bonds. The van der Waals surface area contributed by atoms with Crippen molar-refractivity contribution in [1.29, 1.82) is 0 Å². The second kappa shape index (κ2) is 9.84. The Bertz CT molecular complexity index is 1420. The van der Waals surface area contributed by atoms with Crippen LogP contribution in [0.3, 0.4) is 0 Å². The fourth-order valence-electron chi connectivity index (χ4n) is 4.47. The molecule has 4 aromatic rings. The molecule has 180 valence electrons. The van der Waals surface area contributed by atoms with Crippen LogP contribution in [0.4, 0.5) is 10.5 Å². The minimum absolute atomic E-state index is 0.0151. The highest BCUT2D eigenvalue weighted by atomic mass is 35.5. The van der Waals surface area contributed by atoms with Gasteiger partial charge >= 0.3 is 6.03 Å². The Kier molecular flexibility index (Phi) is 6.46. The molecule has 0 saturated carbocycles. The molecule has 0 spiro atoms. The van der Waals surface area contributed by atoms with E-state index in [2.05, 4.69) is 26.3 Å². The van der Waals surface area contributed by atoms with E-state index in [4.69, 9.17) is 11.6 Å². The topological polar surface area (TPSA) is 86.3 Å². The van der Waals surface area contributed by atoms with Crippen LogP contribution in [0.1, 0.15) is 12.5 Å². The van der Waals surface area contributed by atoms with E-state index in [1.165, 1.54) is 0 Å². The van der Waals surface area contributed by atoms with Crippen LogP contribution in [0.25, 0.3) is 22.2 Å². The number of hydrogen-bond donors (Lipinski definition) is 2. The summed E-state index contributed by atoms with van der Waals surface area (Å²) in [5, 5.41) is 4.47. The molecule has 0 unspecified atom stereocenters. The number of aromatic amines is 1. The Morgan fingerprint density at radius 2 is 1.97 bits per heavy atom. The summed E-state index contributed by atoms with van der Waals surface area (Å²) in [5.74, 6) is 0. The third-order valence-corrected chi connectivity index (χ3v) is 6.56. The molecule has 1 aliphatic heterocycles. The predicted molar refractivity (Wildman–Crippen MR) is 139 cm³/mol. The number of halogens is 1. The van der Waals surface area contributed by atoms with E-state index < -0.39 is 0 Å². The number of anilines is 1. The first kappa shape index (κ1) is 23.0. The van der Waals surface area contributed by atoms with Gasteiger partial charge in [-0.3, -0.25) is 4.79 Å². The number of fused-ring (bicyclic) bond motifs is 1. The first-order valence-corrected chi connectivity index (χ1v) is 12.1. The van der Waals surface area contributed by atoms with Gasteiger partial charge in [-0.15, -0.1) is 0 Å². The third-order valence-electron chi connectivity index (χ3n) is 6.33. The van der Waals surface area contributed by atoms with Gasteiger partial charge in [0.05, 0.1) is 18.4 Å². The maximum absolute atomic E-state index is 12.9. The Labute approximate surface area is 208 Å². The normalized spacial score (nSPS) is 13.9. The molecule has 0 atom stereocenters. The average Bonchev–Trinajstić information content (AvgIpc) is 3.29. The highest BCUT2D eigenvalue weighted by Gasteiger charge is 2.21. The summed E-state index contributed by atoms with van der Waals surface area (Å²) in [6, 6.07) is 13.2. The van der Waals surface area contributed by atoms with E-state index in [9.17, 15) is 9.59 Å². The van der Waals surface area contributed by atoms with Gasteiger partial charge in [0.15, 0.2) is 0 Å². The molecule has 1 aliphatic rings. The molecule has 2 N–H and O–H groups in total. The molecular weight excluding hydrogens is 464 g/mol. The van der Waals surface area contributed by atoms with Crippen molar-refractivity contribution in [1.82, 2.24) is 24.8 Å². The van der Waals surface area contributed by atoms with Crippen LogP contribution in [0.15, 0.2) is 65.8 Å². The molecule has 5 rings (SSSR count). The molecule has 4 heterocycles. The van der Waals surface area contributed by atoms with Gasteiger partial charge in [-0.25, -0.2) is 9.78 Å². The first-order chi connectivity index (χ1) is 17.0. The molecule has 0 aliphatic carbocycles. The second-order valence-corrected chi connectivity index (χ2v) is 9.05. The number of pyridine rings is 2. The van der Waals surface area contributed by atoms with E-state index in [1.54, 1.807) is 10.6 Å². The molecule has 3 aromatic heterocycles. The van der Waals surface area contributed by atoms with E-state index in [0.717, 1.165) is 46.5 Å². The summed E-state index contributed by atoms with van der Waals surface area (Å²) in [6.45, 7) is 5.81. The molecule has 1 saturated heterocycles. The lowest BCUT2D eigenvalue weighted by Gasteiger charge is -2.35. The lowest BCUT2D eigenvalue weighted by molar-refractivity contribution is 0.195. The minimum Gasteiger partial charge on any atom is -0.367 e. The standard InChI is InChI=1S/C26H27ClN6O2/c1-2-28-26(35)32-10-8-31(9-11-32)21-14-22-23(16-30-25(22)29-15-21)19-6-7-33(24(34)13-19)17-18-4-3-5-20(27)12-18/h3-7,12-16H,2,8-11,17H2,1H3,(H,28,35)(H,29,30). The smallest absolute Gasteiger partial charge is 0.317 e. The molecule has 35 heavy (non-hydrogen) atoms. The van der Waals surface area contributed by atoms with Crippen molar-refractivity contribution in [3.8, 4) is 11.1 Å². The van der Waals surface area contributed by atoms with E-state index >= 15 is 0 Å². The number of amides is 2. The molecular formula is C26H27ClN6O2. The maximum atomic E-state index is 12.9. The third kappa shape index (κ3) is 4.88. The van der Waals surface area contributed by atoms with Crippen molar-refractivity contribution in [3.63, 3.8) is 0 Å². The van der Waals surface area contributed by atoms with Crippen molar-refractivity contribution in [2.45, 2.75) is 13.5 Å². The fraction of sp³-hybridized carbons (Fsp3) is 0.269. The van der Waals surface area contributed by atoms with Crippen molar-refractivity contribution in [2.75, 3.05) is 37.6 Å². The van der Waals surface area contributed by atoms with Crippen molar-refractivity contribution in [3.05, 3.63) is 82.0 Å². The quantitative estimate of drug-likeness (QED) is 0.443. The van der Waals surface area contributed by atoms with Crippen LogP contribution in [0, 0.1) is 0 Å². The Hall–Kier alpha value is -3.78. The van der Waals surface area contributed by atoms with Crippen LogP contribution in [0.2, 0.25) is 5.02 Å². The van der Waals surface area contributed by atoms with Crippen LogP contribution in [0.5, 0.6) is 0 Å². The van der Waals surface area contributed by atoms with E-state index in [0.29, 0.717) is 31.2 Å². The molecule has 8 nitrogen and oxygen atoms in total. The van der Waals surface area contributed by atoms with Crippen molar-refractivity contribution < 1.29 is 4.79 Å². The minimum atomic E-state index is -0.0811. The van der Waals surface area contributed by atoms with Gasteiger partial charge < -0.3 is 24.7 Å². The lowest BCUT2D eigenvalue weighted by Crippen LogP contribution is -2.51. The van der Waals surface area contributed by atoms with E-state index in [1.807, 2.05) is 60.7 Å². The molecule has 9 heteroatoms. The Balaban J connectivity index is 1.37. The number of nitrogens with one attached hydrogen (secondary N) is 2. The monoisotopic (exact) mass is 490 g/mol.